The molecule has 0 aromatic heterocycles. The van der Waals surface area contributed by atoms with Crippen molar-refractivity contribution >= 4 is 17.5 Å². The van der Waals surface area contributed by atoms with Crippen LogP contribution in [0.4, 0.5) is 18.9 Å². The minimum absolute atomic E-state index is 0.444. The SMILES string of the molecule is CC(=O)N(C(C)=O)c1ccccc1C(F)(F)F. The molecule has 0 unspecified atom stereocenters. The number of para-hydroxylation sites is 1. The van der Waals surface area contributed by atoms with Gasteiger partial charge < -0.3 is 0 Å². The number of benzene rings is 1. The van der Waals surface area contributed by atoms with Gasteiger partial charge in [0.2, 0.25) is 11.8 Å². The molecule has 0 bridgehead atoms. The highest BCUT2D eigenvalue weighted by Gasteiger charge is 2.36. The number of hydrogen-bond acceptors (Lipinski definition) is 2. The van der Waals surface area contributed by atoms with Gasteiger partial charge in [0.15, 0.2) is 0 Å². The summed E-state index contributed by atoms with van der Waals surface area (Å²) in [5.74, 6) is -1.51. The normalized spacial score (nSPS) is 11.1. The van der Waals surface area contributed by atoms with Crippen molar-refractivity contribution in [2.24, 2.45) is 0 Å². The second-order valence-corrected chi connectivity index (χ2v) is 3.39. The maximum absolute atomic E-state index is 12.7. The van der Waals surface area contributed by atoms with Crippen molar-refractivity contribution in [1.82, 2.24) is 0 Å². The van der Waals surface area contributed by atoms with E-state index in [9.17, 15) is 22.8 Å². The largest absolute Gasteiger partial charge is 0.418 e. The van der Waals surface area contributed by atoms with Gasteiger partial charge in [-0.05, 0) is 12.1 Å². The van der Waals surface area contributed by atoms with Crippen molar-refractivity contribution in [1.29, 1.82) is 0 Å². The van der Waals surface area contributed by atoms with Crippen LogP contribution in [0.2, 0.25) is 0 Å². The van der Waals surface area contributed by atoms with E-state index in [1.807, 2.05) is 0 Å². The van der Waals surface area contributed by atoms with Gasteiger partial charge in [0.1, 0.15) is 0 Å². The second-order valence-electron chi connectivity index (χ2n) is 3.39. The zero-order chi connectivity index (χ0) is 13.2. The monoisotopic (exact) mass is 245 g/mol. The Kier molecular flexibility index (Phi) is 3.55. The molecule has 2 amide bonds. The molecule has 1 aromatic rings. The molecular formula is C11H10F3NO2. The maximum atomic E-state index is 12.7. The van der Waals surface area contributed by atoms with Gasteiger partial charge in [-0.1, -0.05) is 12.1 Å². The lowest BCUT2D eigenvalue weighted by molar-refractivity contribution is -0.137. The Labute approximate surface area is 95.8 Å². The first kappa shape index (κ1) is 13.2. The van der Waals surface area contributed by atoms with Gasteiger partial charge in [0.05, 0.1) is 11.3 Å². The number of imide groups is 1. The molecule has 0 heterocycles. The van der Waals surface area contributed by atoms with Gasteiger partial charge in [-0.25, -0.2) is 0 Å². The van der Waals surface area contributed by atoms with Gasteiger partial charge >= 0.3 is 6.18 Å². The third-order valence-corrected chi connectivity index (χ3v) is 2.08. The zero-order valence-corrected chi connectivity index (χ0v) is 9.21. The lowest BCUT2D eigenvalue weighted by Crippen LogP contribution is -2.34. The predicted molar refractivity (Wildman–Crippen MR) is 55.3 cm³/mol. The lowest BCUT2D eigenvalue weighted by Gasteiger charge is -2.21. The van der Waals surface area contributed by atoms with Gasteiger partial charge in [0.25, 0.3) is 0 Å². The number of carbonyl (C=O) groups is 2. The number of anilines is 1. The van der Waals surface area contributed by atoms with Crippen LogP contribution >= 0.6 is 0 Å². The molecule has 0 aliphatic rings. The summed E-state index contributed by atoms with van der Waals surface area (Å²) in [6, 6.07) is 4.45. The van der Waals surface area contributed by atoms with Crippen LogP contribution in [0.1, 0.15) is 19.4 Å². The average Bonchev–Trinajstić information content (AvgIpc) is 2.15. The van der Waals surface area contributed by atoms with Gasteiger partial charge in [0, 0.05) is 13.8 Å². The first-order valence-electron chi connectivity index (χ1n) is 4.72. The van der Waals surface area contributed by atoms with E-state index in [-0.39, 0.29) is 0 Å². The van der Waals surface area contributed by atoms with Crippen LogP contribution in [-0.2, 0) is 15.8 Å². The molecule has 0 fully saturated rings. The Hall–Kier alpha value is -1.85. The summed E-state index contributed by atoms with van der Waals surface area (Å²) in [5, 5.41) is 0. The molecule has 0 atom stereocenters. The van der Waals surface area contributed by atoms with Crippen molar-refractivity contribution in [2.45, 2.75) is 20.0 Å². The highest BCUT2D eigenvalue weighted by molar-refractivity contribution is 6.13. The zero-order valence-electron chi connectivity index (χ0n) is 9.21. The fourth-order valence-corrected chi connectivity index (χ4v) is 1.47. The van der Waals surface area contributed by atoms with Crippen LogP contribution in [0, 0.1) is 0 Å². The molecule has 6 heteroatoms. The van der Waals surface area contributed by atoms with E-state index in [1.165, 1.54) is 12.1 Å². The molecule has 0 saturated heterocycles. The second kappa shape index (κ2) is 4.57. The molecule has 17 heavy (non-hydrogen) atoms. The summed E-state index contributed by atoms with van der Waals surface area (Å²) in [6.45, 7) is 2.07. The maximum Gasteiger partial charge on any atom is 0.418 e. The fourth-order valence-electron chi connectivity index (χ4n) is 1.47. The first-order valence-corrected chi connectivity index (χ1v) is 4.72. The van der Waals surface area contributed by atoms with E-state index < -0.39 is 29.2 Å². The standard InChI is InChI=1S/C11H10F3NO2/c1-7(16)15(8(2)17)10-6-4-3-5-9(10)11(12,13)14/h3-6H,1-2H3. The predicted octanol–water partition coefficient (Wildman–Crippen LogP) is 2.60. The van der Waals surface area contributed by atoms with Gasteiger partial charge in [-0.3, -0.25) is 14.5 Å². The molecule has 0 radical (unpaired) electrons. The van der Waals surface area contributed by atoms with Crippen molar-refractivity contribution in [3.8, 4) is 0 Å². The van der Waals surface area contributed by atoms with Crippen molar-refractivity contribution in [3.05, 3.63) is 29.8 Å². The van der Waals surface area contributed by atoms with E-state index in [0.717, 1.165) is 26.0 Å². The molecule has 3 nitrogen and oxygen atoms in total. The molecule has 0 saturated carbocycles. The Bertz CT molecular complexity index is 440. The number of hydrogen-bond donors (Lipinski definition) is 0. The van der Waals surface area contributed by atoms with E-state index in [4.69, 9.17) is 0 Å². The minimum atomic E-state index is -4.61. The number of carbonyl (C=O) groups excluding carboxylic acids is 2. The number of halogens is 3. The first-order chi connectivity index (χ1) is 7.75. The summed E-state index contributed by atoms with van der Waals surface area (Å²) in [5.41, 5.74) is -1.45. The van der Waals surface area contributed by atoms with Crippen LogP contribution < -0.4 is 4.90 Å². The molecule has 1 rings (SSSR count). The fraction of sp³-hybridized carbons (Fsp3) is 0.273. The molecule has 0 N–H and O–H groups in total. The molecule has 0 spiro atoms. The summed E-state index contributed by atoms with van der Waals surface area (Å²) in [7, 11) is 0. The van der Waals surface area contributed by atoms with Crippen molar-refractivity contribution < 1.29 is 22.8 Å². The number of amides is 2. The quantitative estimate of drug-likeness (QED) is 0.762. The minimum Gasteiger partial charge on any atom is -0.274 e. The molecule has 92 valence electrons. The van der Waals surface area contributed by atoms with Gasteiger partial charge in [-0.2, -0.15) is 13.2 Å². The van der Waals surface area contributed by atoms with Crippen molar-refractivity contribution in [3.63, 3.8) is 0 Å². The van der Waals surface area contributed by atoms with E-state index >= 15 is 0 Å². The van der Waals surface area contributed by atoms with E-state index in [0.29, 0.717) is 4.90 Å². The number of nitrogens with zero attached hydrogens (tertiary/aromatic N) is 1. The third kappa shape index (κ3) is 2.83. The Balaban J connectivity index is 3.39. The highest BCUT2D eigenvalue weighted by atomic mass is 19.4. The topological polar surface area (TPSA) is 37.4 Å². The molecular weight excluding hydrogens is 235 g/mol. The van der Waals surface area contributed by atoms with Crippen LogP contribution in [0.15, 0.2) is 24.3 Å². The van der Waals surface area contributed by atoms with Crippen LogP contribution in [-0.4, -0.2) is 11.8 Å². The van der Waals surface area contributed by atoms with Crippen LogP contribution in [0.3, 0.4) is 0 Å². The highest BCUT2D eigenvalue weighted by Crippen LogP contribution is 2.36. The summed E-state index contributed by atoms with van der Waals surface area (Å²) in [6.07, 6.45) is -4.61. The van der Waals surface area contributed by atoms with Gasteiger partial charge in [-0.15, -0.1) is 0 Å². The van der Waals surface area contributed by atoms with Crippen LogP contribution in [0.5, 0.6) is 0 Å². The Morgan fingerprint density at radius 1 is 1.06 bits per heavy atom. The van der Waals surface area contributed by atoms with Crippen molar-refractivity contribution in [2.75, 3.05) is 4.90 Å². The lowest BCUT2D eigenvalue weighted by atomic mass is 10.1. The van der Waals surface area contributed by atoms with E-state index in [2.05, 4.69) is 0 Å². The van der Waals surface area contributed by atoms with Crippen LogP contribution in [0.25, 0.3) is 0 Å². The smallest absolute Gasteiger partial charge is 0.274 e. The Morgan fingerprint density at radius 2 is 1.53 bits per heavy atom. The van der Waals surface area contributed by atoms with E-state index in [1.54, 1.807) is 0 Å². The molecule has 0 aliphatic heterocycles. The molecule has 0 aliphatic carbocycles. The molecule has 1 aromatic carbocycles. The summed E-state index contributed by atoms with van der Waals surface area (Å²) < 4.78 is 38.1. The number of alkyl halides is 3. The number of rotatable bonds is 1. The summed E-state index contributed by atoms with van der Waals surface area (Å²) >= 11 is 0. The average molecular weight is 245 g/mol. The third-order valence-electron chi connectivity index (χ3n) is 2.08. The summed E-state index contributed by atoms with van der Waals surface area (Å²) in [4.78, 5) is 22.9. The Morgan fingerprint density at radius 3 is 1.94 bits per heavy atom.